The van der Waals surface area contributed by atoms with Crippen LogP contribution in [0.1, 0.15) is 6.42 Å². The Morgan fingerprint density at radius 2 is 1.61 bits per heavy atom. The number of rotatable bonds is 5. The maximum atomic E-state index is 5.97. The zero-order valence-electron chi connectivity index (χ0n) is 14.1. The van der Waals surface area contributed by atoms with Crippen molar-refractivity contribution < 1.29 is 0 Å². The third-order valence-corrected chi connectivity index (χ3v) is 9.21. The fourth-order valence-electron chi connectivity index (χ4n) is 2.89. The van der Waals surface area contributed by atoms with Gasteiger partial charge < -0.3 is 4.57 Å². The highest BCUT2D eigenvalue weighted by Gasteiger charge is 2.18. The molecule has 0 bridgehead atoms. The van der Waals surface area contributed by atoms with Gasteiger partial charge >= 0.3 is 0 Å². The largest absolute Gasteiger partial charge is 0.330 e. The van der Waals surface area contributed by atoms with E-state index < -0.39 is 0 Å². The van der Waals surface area contributed by atoms with Crippen LogP contribution in [0.3, 0.4) is 0 Å². The normalized spacial score (nSPS) is 11.5. The predicted octanol–water partition coefficient (Wildman–Crippen LogP) is 6.48. The molecule has 11 heteroatoms. The maximum Gasteiger partial charge on any atom is 0.182 e. The molecule has 2 aromatic heterocycles. The third-order valence-electron chi connectivity index (χ3n) is 4.23. The highest BCUT2D eigenvalue weighted by molar-refractivity contribution is 9.15. The molecule has 0 saturated carbocycles. The van der Waals surface area contributed by atoms with E-state index in [0.29, 0.717) is 11.6 Å². The van der Waals surface area contributed by atoms with Crippen LogP contribution in [0.4, 0.5) is 0 Å². The molecular weight excluding hydrogens is 643 g/mol. The van der Waals surface area contributed by atoms with Crippen LogP contribution in [0.15, 0.2) is 48.5 Å². The lowest BCUT2D eigenvalue weighted by atomic mass is 10.2. The van der Waals surface area contributed by atoms with E-state index in [0.717, 1.165) is 53.3 Å². The molecule has 0 aliphatic rings. The molecule has 0 amide bonds. The first-order valence-corrected chi connectivity index (χ1v) is 11.7. The van der Waals surface area contributed by atoms with E-state index in [4.69, 9.17) is 11.6 Å². The Kier molecular flexibility index (Phi) is 6.22. The molecule has 0 atom stereocenters. The van der Waals surface area contributed by atoms with E-state index in [-0.39, 0.29) is 0 Å². The van der Waals surface area contributed by atoms with Gasteiger partial charge in [-0.2, -0.15) is 0 Å². The summed E-state index contributed by atoms with van der Waals surface area (Å²) in [6, 6.07) is 7.49. The number of fused-ring (bicyclic) bond motifs is 1. The van der Waals surface area contributed by atoms with Gasteiger partial charge in [0, 0.05) is 32.6 Å². The third kappa shape index (κ3) is 3.81. The second-order valence-corrected chi connectivity index (χ2v) is 9.59. The number of aryl methyl sites for hydroxylation is 2. The van der Waals surface area contributed by atoms with Crippen molar-refractivity contribution in [1.29, 1.82) is 0 Å². The maximum absolute atomic E-state index is 5.97. The minimum atomic E-state index is 0.682. The lowest BCUT2D eigenvalue weighted by molar-refractivity contribution is 0.523. The molecule has 0 unspecified atom stereocenters. The highest BCUT2D eigenvalue weighted by atomic mass is 79.9. The van der Waals surface area contributed by atoms with Gasteiger partial charge in [0.1, 0.15) is 5.52 Å². The molecule has 0 aliphatic carbocycles. The van der Waals surface area contributed by atoms with Gasteiger partial charge in [-0.1, -0.05) is 11.6 Å². The number of imidazole rings is 1. The molecule has 4 aromatic rings. The lowest BCUT2D eigenvalue weighted by Crippen LogP contribution is -2.07. The number of hydrogen-bond donors (Lipinski definition) is 0. The molecule has 0 saturated heterocycles. The Bertz CT molecular complexity index is 1150. The van der Waals surface area contributed by atoms with E-state index in [1.165, 1.54) is 0 Å². The topological polar surface area (TPSA) is 61.4 Å². The average molecular weight is 654 g/mol. The van der Waals surface area contributed by atoms with Gasteiger partial charge in [0.15, 0.2) is 5.82 Å². The Morgan fingerprint density at radius 3 is 2.36 bits per heavy atom. The number of halogens is 5. The molecule has 6 nitrogen and oxygen atoms in total. The van der Waals surface area contributed by atoms with Gasteiger partial charge in [-0.3, -0.25) is 0 Å². The summed E-state index contributed by atoms with van der Waals surface area (Å²) in [6.45, 7) is 1.46. The molecule has 144 valence electrons. The van der Waals surface area contributed by atoms with Gasteiger partial charge in [0.2, 0.25) is 0 Å². The van der Waals surface area contributed by atoms with Crippen molar-refractivity contribution in [3.63, 3.8) is 0 Å². The number of aromatic nitrogens is 6. The van der Waals surface area contributed by atoms with Crippen LogP contribution in [0.25, 0.3) is 22.4 Å². The van der Waals surface area contributed by atoms with Crippen LogP contribution < -0.4 is 0 Å². The quantitative estimate of drug-likeness (QED) is 0.183. The molecule has 0 aliphatic heterocycles. The summed E-state index contributed by atoms with van der Waals surface area (Å²) in [5, 5.41) is 12.8. The molecule has 0 fully saturated rings. The van der Waals surface area contributed by atoms with Gasteiger partial charge in [-0.05, 0) is 105 Å². The predicted molar refractivity (Wildman–Crippen MR) is 123 cm³/mol. The average Bonchev–Trinajstić information content (AvgIpc) is 3.33. The zero-order valence-corrected chi connectivity index (χ0v) is 21.2. The van der Waals surface area contributed by atoms with Crippen LogP contribution >= 0.6 is 75.3 Å². The molecular formula is C17H11Br4ClN6. The Hall–Kier alpha value is -0.810. The van der Waals surface area contributed by atoms with Crippen LogP contribution in [0.2, 0.25) is 5.02 Å². The molecule has 2 heterocycles. The summed E-state index contributed by atoms with van der Waals surface area (Å²) < 4.78 is 7.67. The summed E-state index contributed by atoms with van der Waals surface area (Å²) >= 11 is 20.4. The summed E-state index contributed by atoms with van der Waals surface area (Å²) in [7, 11) is 0. The minimum Gasteiger partial charge on any atom is -0.330 e. The molecule has 4 rings (SSSR count). The first-order chi connectivity index (χ1) is 13.5. The Morgan fingerprint density at radius 1 is 0.893 bits per heavy atom. The Balaban J connectivity index is 1.54. The van der Waals surface area contributed by atoms with Crippen molar-refractivity contribution in [2.75, 3.05) is 0 Å². The van der Waals surface area contributed by atoms with Gasteiger partial charge in [0.25, 0.3) is 0 Å². The minimum absolute atomic E-state index is 0.682. The number of benzene rings is 2. The summed E-state index contributed by atoms with van der Waals surface area (Å²) in [5.74, 6) is 0.725. The molecule has 28 heavy (non-hydrogen) atoms. The van der Waals surface area contributed by atoms with Crippen molar-refractivity contribution in [1.82, 2.24) is 29.8 Å². The molecule has 0 radical (unpaired) electrons. The smallest absolute Gasteiger partial charge is 0.182 e. The van der Waals surface area contributed by atoms with Crippen molar-refractivity contribution in [2.45, 2.75) is 19.5 Å². The van der Waals surface area contributed by atoms with Crippen molar-refractivity contribution in [2.24, 2.45) is 0 Å². The van der Waals surface area contributed by atoms with Gasteiger partial charge in [-0.25, -0.2) is 9.67 Å². The van der Waals surface area contributed by atoms with E-state index in [2.05, 4.69) is 88.8 Å². The first kappa shape index (κ1) is 20.5. The summed E-state index contributed by atoms with van der Waals surface area (Å²) in [6.07, 6.45) is 2.69. The van der Waals surface area contributed by atoms with Gasteiger partial charge in [-0.15, -0.1) is 5.10 Å². The van der Waals surface area contributed by atoms with E-state index in [9.17, 15) is 0 Å². The fourth-order valence-corrected chi connectivity index (χ4v) is 5.43. The zero-order chi connectivity index (χ0) is 19.8. The second-order valence-electron chi connectivity index (χ2n) is 5.98. The fraction of sp³-hybridized carbons (Fsp3) is 0.176. The molecule has 0 spiro atoms. The second kappa shape index (κ2) is 8.51. The van der Waals surface area contributed by atoms with E-state index >= 15 is 0 Å². The van der Waals surface area contributed by atoms with Crippen molar-refractivity contribution >= 4 is 86.4 Å². The van der Waals surface area contributed by atoms with Crippen LogP contribution in [0, 0.1) is 0 Å². The van der Waals surface area contributed by atoms with Crippen LogP contribution in [0.5, 0.6) is 0 Å². The van der Waals surface area contributed by atoms with Crippen molar-refractivity contribution in [3.05, 3.63) is 53.5 Å². The first-order valence-electron chi connectivity index (χ1n) is 8.16. The number of hydrogen-bond acceptors (Lipinski definition) is 4. The van der Waals surface area contributed by atoms with E-state index in [1.807, 2.05) is 30.6 Å². The molecule has 0 N–H and O–H groups in total. The number of tetrazole rings is 1. The lowest BCUT2D eigenvalue weighted by Gasteiger charge is -2.10. The summed E-state index contributed by atoms with van der Waals surface area (Å²) in [4.78, 5) is 4.55. The standard InChI is InChI=1S/C17H11Br4ClN6/c18-11-12(19)14(21)16-15(13(11)20)23-8-27(16)6-1-7-28-17(24-25-26-28)9-2-4-10(22)5-3-9/h2-5,8H,1,6-7H2. The molecule has 2 aromatic carbocycles. The van der Waals surface area contributed by atoms with Gasteiger partial charge in [0.05, 0.1) is 20.8 Å². The SMILES string of the molecule is Clc1ccc(-c2nnnn2CCCn2cnc3c(Br)c(Br)c(Br)c(Br)c32)cc1. The van der Waals surface area contributed by atoms with Crippen LogP contribution in [-0.4, -0.2) is 29.8 Å². The van der Waals surface area contributed by atoms with Crippen molar-refractivity contribution in [3.8, 4) is 11.4 Å². The number of nitrogens with zero attached hydrogens (tertiary/aromatic N) is 6. The monoisotopic (exact) mass is 650 g/mol. The van der Waals surface area contributed by atoms with E-state index in [1.54, 1.807) is 4.68 Å². The summed E-state index contributed by atoms with van der Waals surface area (Å²) in [5.41, 5.74) is 2.85. The highest BCUT2D eigenvalue weighted by Crippen LogP contribution is 2.43. The van der Waals surface area contributed by atoms with Crippen LogP contribution in [-0.2, 0) is 13.1 Å². The Labute approximate surface area is 199 Å².